The molecule has 1 aliphatic heterocycles. The standard InChI is InChI=1S/C9H14O3/c1-5-3-4-7-6(2)8(5)12-9(10)11-7/h5-8H,3-4H2,1-2H3. The Balaban J connectivity index is 2.16. The molecule has 3 heteroatoms. The van der Waals surface area contributed by atoms with Crippen LogP contribution in [0.25, 0.3) is 0 Å². The lowest BCUT2D eigenvalue weighted by Gasteiger charge is -2.42. The second-order valence-electron chi connectivity index (χ2n) is 3.90. The van der Waals surface area contributed by atoms with Crippen molar-refractivity contribution in [2.75, 3.05) is 0 Å². The second-order valence-corrected chi connectivity index (χ2v) is 3.90. The van der Waals surface area contributed by atoms with Crippen LogP contribution in [0, 0.1) is 11.8 Å². The fourth-order valence-electron chi connectivity index (χ4n) is 2.24. The van der Waals surface area contributed by atoms with Crippen molar-refractivity contribution in [2.45, 2.75) is 38.9 Å². The molecule has 1 heterocycles. The van der Waals surface area contributed by atoms with Crippen molar-refractivity contribution in [3.8, 4) is 0 Å². The topological polar surface area (TPSA) is 35.5 Å². The molecular formula is C9H14O3. The van der Waals surface area contributed by atoms with E-state index in [1.165, 1.54) is 0 Å². The number of fused-ring (bicyclic) bond motifs is 2. The molecule has 2 bridgehead atoms. The first-order valence-electron chi connectivity index (χ1n) is 4.55. The summed E-state index contributed by atoms with van der Waals surface area (Å²) in [4.78, 5) is 10.9. The molecule has 0 radical (unpaired) electrons. The smallest absolute Gasteiger partial charge is 0.431 e. The number of carbonyl (C=O) groups is 1. The molecule has 1 aliphatic carbocycles. The third kappa shape index (κ3) is 1.08. The van der Waals surface area contributed by atoms with E-state index in [0.717, 1.165) is 12.8 Å². The van der Waals surface area contributed by atoms with E-state index in [0.29, 0.717) is 11.8 Å². The van der Waals surface area contributed by atoms with E-state index < -0.39 is 6.16 Å². The predicted octanol–water partition coefficient (Wildman–Crippen LogP) is 1.96. The molecule has 2 fully saturated rings. The number of hydrogen-bond donors (Lipinski definition) is 0. The maximum absolute atomic E-state index is 10.9. The van der Waals surface area contributed by atoms with Gasteiger partial charge in [-0.25, -0.2) is 4.79 Å². The zero-order valence-electron chi connectivity index (χ0n) is 7.45. The summed E-state index contributed by atoms with van der Waals surface area (Å²) in [6.45, 7) is 4.23. The molecule has 68 valence electrons. The van der Waals surface area contributed by atoms with Gasteiger partial charge in [0, 0.05) is 5.92 Å². The number of hydrogen-bond acceptors (Lipinski definition) is 3. The molecule has 0 spiro atoms. The van der Waals surface area contributed by atoms with Crippen molar-refractivity contribution in [1.82, 2.24) is 0 Å². The minimum Gasteiger partial charge on any atom is -0.431 e. The molecule has 2 aliphatic rings. The molecule has 0 N–H and O–H groups in total. The van der Waals surface area contributed by atoms with E-state index in [2.05, 4.69) is 13.8 Å². The maximum atomic E-state index is 10.9. The van der Waals surface area contributed by atoms with Crippen LogP contribution in [0.5, 0.6) is 0 Å². The lowest BCUT2D eigenvalue weighted by molar-refractivity contribution is -0.135. The maximum Gasteiger partial charge on any atom is 0.508 e. The Hall–Kier alpha value is -0.730. The average molecular weight is 170 g/mol. The van der Waals surface area contributed by atoms with Crippen LogP contribution in [-0.4, -0.2) is 18.4 Å². The minimum atomic E-state index is -0.477. The fraction of sp³-hybridized carbons (Fsp3) is 0.889. The van der Waals surface area contributed by atoms with Gasteiger partial charge in [0.05, 0.1) is 0 Å². The van der Waals surface area contributed by atoms with Crippen LogP contribution >= 0.6 is 0 Å². The largest absolute Gasteiger partial charge is 0.508 e. The van der Waals surface area contributed by atoms with Crippen LogP contribution in [0.3, 0.4) is 0 Å². The highest BCUT2D eigenvalue weighted by Crippen LogP contribution is 2.36. The first-order valence-corrected chi connectivity index (χ1v) is 4.55. The van der Waals surface area contributed by atoms with Crippen LogP contribution in [0.1, 0.15) is 26.7 Å². The van der Waals surface area contributed by atoms with E-state index in [9.17, 15) is 4.79 Å². The van der Waals surface area contributed by atoms with E-state index >= 15 is 0 Å². The molecule has 1 saturated heterocycles. The van der Waals surface area contributed by atoms with Crippen LogP contribution in [0.2, 0.25) is 0 Å². The van der Waals surface area contributed by atoms with Gasteiger partial charge >= 0.3 is 6.16 Å². The molecular weight excluding hydrogens is 156 g/mol. The highest BCUT2D eigenvalue weighted by atomic mass is 16.7. The van der Waals surface area contributed by atoms with Gasteiger partial charge in [0.25, 0.3) is 0 Å². The van der Waals surface area contributed by atoms with Gasteiger partial charge in [0.2, 0.25) is 0 Å². The third-order valence-corrected chi connectivity index (χ3v) is 3.05. The molecule has 3 nitrogen and oxygen atoms in total. The van der Waals surface area contributed by atoms with Gasteiger partial charge in [-0.1, -0.05) is 13.8 Å². The van der Waals surface area contributed by atoms with Crippen molar-refractivity contribution in [3.63, 3.8) is 0 Å². The van der Waals surface area contributed by atoms with Gasteiger partial charge < -0.3 is 9.47 Å². The monoisotopic (exact) mass is 170 g/mol. The van der Waals surface area contributed by atoms with Crippen molar-refractivity contribution in [2.24, 2.45) is 11.8 Å². The molecule has 1 saturated carbocycles. The zero-order valence-corrected chi connectivity index (χ0v) is 7.45. The Morgan fingerprint density at radius 2 is 2.00 bits per heavy atom. The molecule has 0 amide bonds. The van der Waals surface area contributed by atoms with Crippen molar-refractivity contribution >= 4 is 6.16 Å². The minimum absolute atomic E-state index is 0.0880. The lowest BCUT2D eigenvalue weighted by Crippen LogP contribution is -2.49. The van der Waals surface area contributed by atoms with Crippen LogP contribution in [0.4, 0.5) is 4.79 Å². The Labute approximate surface area is 72.0 Å². The summed E-state index contributed by atoms with van der Waals surface area (Å²) in [5, 5.41) is 0. The summed E-state index contributed by atoms with van der Waals surface area (Å²) in [5.41, 5.74) is 0. The Bertz CT molecular complexity index is 202. The number of carbonyl (C=O) groups excluding carboxylic acids is 1. The quantitative estimate of drug-likeness (QED) is 0.521. The molecule has 0 aromatic rings. The summed E-state index contributed by atoms with van der Waals surface area (Å²) in [7, 11) is 0. The van der Waals surface area contributed by atoms with Crippen molar-refractivity contribution in [1.29, 1.82) is 0 Å². The molecule has 4 atom stereocenters. The summed E-state index contributed by atoms with van der Waals surface area (Å²) in [6.07, 6.45) is 1.81. The van der Waals surface area contributed by atoms with Gasteiger partial charge in [0.15, 0.2) is 0 Å². The third-order valence-electron chi connectivity index (χ3n) is 3.05. The summed E-state index contributed by atoms with van der Waals surface area (Å²) in [5.74, 6) is 0.857. The number of rotatable bonds is 0. The fourth-order valence-corrected chi connectivity index (χ4v) is 2.24. The highest BCUT2D eigenvalue weighted by molar-refractivity contribution is 5.61. The normalized spacial score (nSPS) is 46.3. The van der Waals surface area contributed by atoms with Gasteiger partial charge in [-0.15, -0.1) is 0 Å². The SMILES string of the molecule is CC1CCC2OC(=O)OC1C2C. The Morgan fingerprint density at radius 1 is 1.25 bits per heavy atom. The van der Waals surface area contributed by atoms with Gasteiger partial charge in [-0.2, -0.15) is 0 Å². The van der Waals surface area contributed by atoms with Crippen molar-refractivity contribution in [3.05, 3.63) is 0 Å². The van der Waals surface area contributed by atoms with Crippen LogP contribution in [-0.2, 0) is 9.47 Å². The molecule has 0 aromatic heterocycles. The predicted molar refractivity (Wildman–Crippen MR) is 42.7 cm³/mol. The second kappa shape index (κ2) is 2.64. The molecule has 4 unspecified atom stereocenters. The highest BCUT2D eigenvalue weighted by Gasteiger charge is 2.43. The van der Waals surface area contributed by atoms with Crippen LogP contribution < -0.4 is 0 Å². The summed E-state index contributed by atoms with van der Waals surface area (Å²) >= 11 is 0. The lowest BCUT2D eigenvalue weighted by atomic mass is 9.78. The Kier molecular flexibility index (Phi) is 1.74. The van der Waals surface area contributed by atoms with Gasteiger partial charge in [-0.05, 0) is 18.8 Å². The summed E-state index contributed by atoms with van der Waals surface area (Å²) < 4.78 is 10.2. The van der Waals surface area contributed by atoms with E-state index in [1.807, 2.05) is 0 Å². The zero-order chi connectivity index (χ0) is 8.72. The molecule has 12 heavy (non-hydrogen) atoms. The molecule has 2 rings (SSSR count). The molecule has 0 aromatic carbocycles. The van der Waals surface area contributed by atoms with Gasteiger partial charge in [-0.3, -0.25) is 0 Å². The van der Waals surface area contributed by atoms with E-state index in [-0.39, 0.29) is 12.2 Å². The first-order chi connectivity index (χ1) is 5.68. The van der Waals surface area contributed by atoms with Crippen molar-refractivity contribution < 1.29 is 14.3 Å². The average Bonchev–Trinajstić information content (AvgIpc) is 2.01. The van der Waals surface area contributed by atoms with Crippen LogP contribution in [0.15, 0.2) is 0 Å². The summed E-state index contributed by atoms with van der Waals surface area (Å²) in [6, 6.07) is 0. The van der Waals surface area contributed by atoms with E-state index in [4.69, 9.17) is 9.47 Å². The first kappa shape index (κ1) is 7.90. The van der Waals surface area contributed by atoms with Gasteiger partial charge in [0.1, 0.15) is 12.2 Å². The van der Waals surface area contributed by atoms with E-state index in [1.54, 1.807) is 0 Å². The number of ether oxygens (including phenoxy) is 2. The Morgan fingerprint density at radius 3 is 2.75 bits per heavy atom.